The molecule has 0 aliphatic rings. The van der Waals surface area contributed by atoms with E-state index < -0.39 is 76.7 Å². The van der Waals surface area contributed by atoms with Crippen molar-refractivity contribution in [2.24, 2.45) is 0 Å². The quantitative estimate of drug-likeness (QED) is 0.145. The fraction of sp³-hybridized carbons (Fsp3) is 0.154. The van der Waals surface area contributed by atoms with Gasteiger partial charge in [0, 0.05) is 36.2 Å². The molecule has 266 valence electrons. The number of alkyl halides is 8. The number of carbonyl (C=O) groups is 2. The molecule has 0 aliphatic heterocycles. The highest BCUT2D eigenvalue weighted by molar-refractivity contribution is 7.93. The second-order valence-electron chi connectivity index (χ2n) is 9.61. The minimum Gasteiger partial charge on any atom is -0.321 e. The van der Waals surface area contributed by atoms with Gasteiger partial charge in [0.25, 0.3) is 20.0 Å². The zero-order valence-electron chi connectivity index (χ0n) is 24.2. The summed E-state index contributed by atoms with van der Waals surface area (Å²) < 4.78 is 170. The number of aromatic nitrogens is 4. The summed E-state index contributed by atoms with van der Waals surface area (Å²) in [7, 11) is -8.82. The predicted molar refractivity (Wildman–Crippen MR) is 156 cm³/mol. The molecule has 0 spiro atoms. The summed E-state index contributed by atoms with van der Waals surface area (Å²) in [5.74, 6) is -34.9. The van der Waals surface area contributed by atoms with E-state index in [2.05, 4.69) is 19.9 Å². The number of amides is 2. The molecule has 4 aromatic rings. The zero-order valence-corrected chi connectivity index (χ0v) is 25.8. The van der Waals surface area contributed by atoms with Crippen LogP contribution in [0.4, 0.5) is 58.4 Å². The summed E-state index contributed by atoms with van der Waals surface area (Å²) >= 11 is 0. The van der Waals surface area contributed by atoms with Gasteiger partial charge in [-0.3, -0.25) is 9.59 Å². The average molecular weight is 755 g/mol. The van der Waals surface area contributed by atoms with Crippen molar-refractivity contribution >= 4 is 55.1 Å². The predicted octanol–water partition coefficient (Wildman–Crippen LogP) is 3.99. The van der Waals surface area contributed by atoms with Crippen molar-refractivity contribution in [3.63, 3.8) is 0 Å². The van der Waals surface area contributed by atoms with E-state index in [9.17, 15) is 61.5 Å². The van der Waals surface area contributed by atoms with Crippen LogP contribution in [0.5, 0.6) is 0 Å². The summed E-state index contributed by atoms with van der Waals surface area (Å²) in [6.45, 7) is 0. The van der Waals surface area contributed by atoms with Gasteiger partial charge in [-0.1, -0.05) is 0 Å². The Bertz CT molecular complexity index is 1930. The maximum absolute atomic E-state index is 14.5. The fourth-order valence-electron chi connectivity index (χ4n) is 3.60. The van der Waals surface area contributed by atoms with Gasteiger partial charge in [0.05, 0.1) is 9.79 Å². The monoisotopic (exact) mass is 754 g/mol. The van der Waals surface area contributed by atoms with Crippen molar-refractivity contribution in [1.29, 1.82) is 0 Å². The third kappa shape index (κ3) is 7.39. The van der Waals surface area contributed by atoms with Crippen LogP contribution in [0.25, 0.3) is 0 Å². The number of nitrogens with zero attached hydrogens (tertiary/aromatic N) is 4. The lowest BCUT2D eigenvalue weighted by atomic mass is 9.97. The van der Waals surface area contributed by atoms with Crippen LogP contribution in [0.2, 0.25) is 0 Å². The van der Waals surface area contributed by atoms with Gasteiger partial charge >= 0.3 is 35.5 Å². The smallest absolute Gasteiger partial charge is 0.321 e. The molecule has 2 aromatic carbocycles. The molecule has 0 atom stereocenters. The van der Waals surface area contributed by atoms with Crippen molar-refractivity contribution in [3.05, 3.63) is 85.5 Å². The van der Waals surface area contributed by atoms with E-state index in [1.54, 1.807) is 0 Å². The number of sulfonamides is 2. The Kier molecular flexibility index (Phi) is 10.0. The van der Waals surface area contributed by atoms with E-state index >= 15 is 0 Å². The zero-order chi connectivity index (χ0) is 37.2. The molecule has 0 bridgehead atoms. The molecule has 4 rings (SSSR count). The Labute approximate surface area is 275 Å². The number of rotatable bonds is 13. The lowest BCUT2D eigenvalue weighted by molar-refractivity contribution is -0.345. The number of hydrogen-bond donors (Lipinski definition) is 4. The summed E-state index contributed by atoms with van der Waals surface area (Å²) in [5, 5.41) is 2.18. The third-order valence-corrected chi connectivity index (χ3v) is 8.87. The van der Waals surface area contributed by atoms with E-state index in [0.717, 1.165) is 10.6 Å². The van der Waals surface area contributed by atoms with Crippen LogP contribution in [-0.2, 0) is 29.6 Å². The molecular formula is C26H18F8N8O6S2. The van der Waals surface area contributed by atoms with Gasteiger partial charge in [0.1, 0.15) is 0 Å². The van der Waals surface area contributed by atoms with Gasteiger partial charge in [-0.15, -0.1) is 0 Å². The van der Waals surface area contributed by atoms with Crippen molar-refractivity contribution in [2.45, 2.75) is 33.5 Å². The van der Waals surface area contributed by atoms with E-state index in [1.165, 1.54) is 36.9 Å². The Morgan fingerprint density at radius 1 is 0.500 bits per heavy atom. The molecule has 14 nitrogen and oxygen atoms in total. The average Bonchev–Trinajstić information content (AvgIpc) is 3.05. The Hall–Kier alpha value is -5.52. The van der Waals surface area contributed by atoms with E-state index in [-0.39, 0.29) is 11.9 Å². The molecule has 0 fully saturated rings. The number of benzene rings is 2. The molecule has 2 amide bonds. The van der Waals surface area contributed by atoms with Gasteiger partial charge in [0.15, 0.2) is 0 Å². The Morgan fingerprint density at radius 3 is 1.06 bits per heavy atom. The molecule has 24 heteroatoms. The largest absolute Gasteiger partial charge is 0.393 e. The summed E-state index contributed by atoms with van der Waals surface area (Å²) in [6, 6.07) is 7.71. The number of hydrogen-bond acceptors (Lipinski definition) is 10. The molecule has 0 aliphatic carbocycles. The maximum atomic E-state index is 14.5. The highest BCUT2D eigenvalue weighted by Crippen LogP contribution is 2.53. The maximum Gasteiger partial charge on any atom is 0.393 e. The first-order valence-corrected chi connectivity index (χ1v) is 16.0. The molecule has 2 aromatic heterocycles. The van der Waals surface area contributed by atoms with Crippen LogP contribution in [0.1, 0.15) is 0 Å². The van der Waals surface area contributed by atoms with Gasteiger partial charge in [-0.25, -0.2) is 46.2 Å². The van der Waals surface area contributed by atoms with Gasteiger partial charge < -0.3 is 10.6 Å². The number of nitrogens with one attached hydrogen (secondary N) is 4. The molecule has 4 N–H and O–H groups in total. The SMILES string of the molecule is O=C(Nc1ccc(S(=O)(=O)Nc2ncccn2)cc1)C(F)(F)C(F)(F)C(F)(F)C(F)(F)C(=O)Nc1ccc(S(=O)(=O)Nc2ncccn2)cc1. The molecule has 0 saturated heterocycles. The summed E-state index contributed by atoms with van der Waals surface area (Å²) in [5.41, 5.74) is -1.71. The first kappa shape index (κ1) is 37.3. The van der Waals surface area contributed by atoms with Crippen LogP contribution in [0, 0.1) is 0 Å². The molecule has 0 saturated carbocycles. The number of halogens is 8. The van der Waals surface area contributed by atoms with Crippen LogP contribution in [0.3, 0.4) is 0 Å². The highest BCUT2D eigenvalue weighted by atomic mass is 32.2. The molecular weight excluding hydrogens is 736 g/mol. The first-order chi connectivity index (χ1) is 23.1. The molecule has 50 heavy (non-hydrogen) atoms. The lowest BCUT2D eigenvalue weighted by Gasteiger charge is -2.35. The van der Waals surface area contributed by atoms with Crippen LogP contribution in [-0.4, -0.2) is 72.3 Å². The van der Waals surface area contributed by atoms with Crippen LogP contribution < -0.4 is 20.1 Å². The topological polar surface area (TPSA) is 202 Å². The van der Waals surface area contributed by atoms with Gasteiger partial charge in [0.2, 0.25) is 11.9 Å². The molecule has 0 unspecified atom stereocenters. The minimum atomic E-state index is -7.23. The standard InChI is InChI=1S/C26H18F8N8O6S2/c27-23(28,19(43)39-15-3-7-17(8-4-15)49(45,46)41-21-35-11-1-12-36-21)25(31,32)26(33,34)24(29,30)20(44)40-16-5-9-18(10-6-16)50(47,48)42-22-37-13-2-14-38-22/h1-14H,(H,39,43)(H,40,44)(H,35,36,41)(H,37,38,42). The van der Waals surface area contributed by atoms with Gasteiger partial charge in [-0.05, 0) is 60.7 Å². The number of carbonyl (C=O) groups excluding carboxylic acids is 2. The molecule has 2 heterocycles. The summed E-state index contributed by atoms with van der Waals surface area (Å²) in [6.07, 6.45) is 4.73. The van der Waals surface area contributed by atoms with Crippen LogP contribution >= 0.6 is 0 Å². The second-order valence-corrected chi connectivity index (χ2v) is 13.0. The van der Waals surface area contributed by atoms with Crippen molar-refractivity contribution < 1.29 is 61.5 Å². The highest BCUT2D eigenvalue weighted by Gasteiger charge is 2.84. The normalized spacial score (nSPS) is 12.9. The fourth-order valence-corrected chi connectivity index (χ4v) is 5.51. The van der Waals surface area contributed by atoms with E-state index in [0.29, 0.717) is 48.5 Å². The van der Waals surface area contributed by atoms with Crippen molar-refractivity contribution in [3.8, 4) is 0 Å². The Morgan fingerprint density at radius 2 is 0.780 bits per heavy atom. The van der Waals surface area contributed by atoms with Crippen molar-refractivity contribution in [2.75, 3.05) is 20.1 Å². The Balaban J connectivity index is 1.46. The molecule has 0 radical (unpaired) electrons. The van der Waals surface area contributed by atoms with E-state index in [4.69, 9.17) is 0 Å². The lowest BCUT2D eigenvalue weighted by Crippen LogP contribution is -2.67. The number of anilines is 4. The van der Waals surface area contributed by atoms with Crippen LogP contribution in [0.15, 0.2) is 95.2 Å². The third-order valence-electron chi connectivity index (χ3n) is 6.18. The van der Waals surface area contributed by atoms with Gasteiger partial charge in [-0.2, -0.15) is 35.1 Å². The second kappa shape index (κ2) is 13.4. The minimum absolute atomic E-state index is 0.380. The van der Waals surface area contributed by atoms with Crippen molar-refractivity contribution in [1.82, 2.24) is 19.9 Å². The van der Waals surface area contributed by atoms with E-state index in [1.807, 2.05) is 9.44 Å². The summed E-state index contributed by atoms with van der Waals surface area (Å²) in [4.78, 5) is 37.3. The first-order valence-electron chi connectivity index (χ1n) is 13.1.